The number of carbonyl (C=O) groups excluding carboxylic acids is 1. The zero-order valence-corrected chi connectivity index (χ0v) is 18.3. The van der Waals surface area contributed by atoms with E-state index in [1.807, 2.05) is 20.8 Å². The predicted octanol–water partition coefficient (Wildman–Crippen LogP) is 4.10. The summed E-state index contributed by atoms with van der Waals surface area (Å²) in [5.41, 5.74) is 1.29. The van der Waals surface area contributed by atoms with Crippen LogP contribution in [-0.2, 0) is 22.2 Å². The van der Waals surface area contributed by atoms with E-state index in [-0.39, 0.29) is 22.9 Å². The van der Waals surface area contributed by atoms with Crippen molar-refractivity contribution in [3.05, 3.63) is 23.3 Å². The number of benzene rings is 1. The smallest absolute Gasteiger partial charge is 0.314 e. The number of hydrogen-bond donors (Lipinski definition) is 0. The lowest BCUT2D eigenvalue weighted by atomic mass is 10.0. The van der Waals surface area contributed by atoms with Crippen molar-refractivity contribution >= 4 is 39.1 Å². The minimum atomic E-state index is -4.00. The Labute approximate surface area is 164 Å². The van der Waals surface area contributed by atoms with Gasteiger partial charge in [-0.3, -0.25) is 4.79 Å². The highest BCUT2D eigenvalue weighted by Crippen LogP contribution is 2.32. The fourth-order valence-corrected chi connectivity index (χ4v) is 3.99. The Bertz CT molecular complexity index is 714. The lowest BCUT2D eigenvalue weighted by molar-refractivity contribution is -0.140. The number of rotatable bonds is 8. The molecule has 2 atom stereocenters. The van der Waals surface area contributed by atoms with E-state index in [1.54, 1.807) is 26.8 Å². The van der Waals surface area contributed by atoms with Crippen LogP contribution in [0.25, 0.3) is 0 Å². The molecule has 0 spiro atoms. The SMILES string of the molecule is Cc1cc(C)c(OC(=O)C(C)CC(C)OC(C)C)c(S(=O)(=O)OI)c1. The molecule has 0 aliphatic rings. The first-order valence-corrected chi connectivity index (χ1v) is 10.3. The number of aryl methyl sites for hydroxylation is 2. The second-order valence-electron chi connectivity index (χ2n) is 6.48. The van der Waals surface area contributed by atoms with Crippen LogP contribution in [0.15, 0.2) is 17.0 Å². The van der Waals surface area contributed by atoms with Crippen LogP contribution in [-0.4, -0.2) is 26.6 Å². The Kier molecular flexibility index (Phi) is 8.30. The van der Waals surface area contributed by atoms with Crippen LogP contribution in [0.2, 0.25) is 0 Å². The van der Waals surface area contributed by atoms with Gasteiger partial charge in [0.1, 0.15) is 27.9 Å². The van der Waals surface area contributed by atoms with Gasteiger partial charge in [0, 0.05) is 0 Å². The van der Waals surface area contributed by atoms with Gasteiger partial charge in [-0.15, -0.1) is 0 Å². The van der Waals surface area contributed by atoms with E-state index in [2.05, 4.69) is 2.51 Å². The Morgan fingerprint density at radius 3 is 2.28 bits per heavy atom. The molecule has 0 saturated heterocycles. The van der Waals surface area contributed by atoms with Crippen LogP contribution in [0.3, 0.4) is 0 Å². The number of esters is 1. The molecule has 0 radical (unpaired) electrons. The van der Waals surface area contributed by atoms with Gasteiger partial charge in [-0.25, -0.2) is 0 Å². The lowest BCUT2D eigenvalue weighted by Gasteiger charge is -2.20. The first-order chi connectivity index (χ1) is 11.5. The molecule has 0 aliphatic heterocycles. The Morgan fingerprint density at radius 1 is 1.16 bits per heavy atom. The van der Waals surface area contributed by atoms with Crippen LogP contribution in [0.4, 0.5) is 0 Å². The standard InChI is InChI=1S/C17H25IO6S/c1-10(2)22-14(6)9-13(5)17(19)23-16-12(4)7-11(3)8-15(16)25(20,21)24-18/h7-8,10,13-14H,9H2,1-6H3. The van der Waals surface area contributed by atoms with Crippen LogP contribution in [0, 0.1) is 19.8 Å². The number of halogens is 1. The maximum absolute atomic E-state index is 12.4. The summed E-state index contributed by atoms with van der Waals surface area (Å²) in [5.74, 6) is -0.932. The van der Waals surface area contributed by atoms with Crippen molar-refractivity contribution in [2.45, 2.75) is 65.1 Å². The third kappa shape index (κ3) is 6.50. The van der Waals surface area contributed by atoms with Gasteiger partial charge in [0.05, 0.1) is 18.1 Å². The molecule has 0 heterocycles. The van der Waals surface area contributed by atoms with E-state index in [9.17, 15) is 13.2 Å². The highest BCUT2D eigenvalue weighted by Gasteiger charge is 2.26. The fraction of sp³-hybridized carbons (Fsp3) is 0.588. The van der Waals surface area contributed by atoms with E-state index in [0.717, 1.165) is 5.56 Å². The molecule has 0 N–H and O–H groups in total. The molecular weight excluding hydrogens is 459 g/mol. The Balaban J connectivity index is 3.04. The molecule has 0 bridgehead atoms. The van der Waals surface area contributed by atoms with Crippen molar-refractivity contribution in [3.8, 4) is 5.75 Å². The topological polar surface area (TPSA) is 78.9 Å². The van der Waals surface area contributed by atoms with Gasteiger partial charge in [0.15, 0.2) is 5.75 Å². The summed E-state index contributed by atoms with van der Waals surface area (Å²) in [6, 6.07) is 3.18. The molecule has 0 aliphatic carbocycles. The summed E-state index contributed by atoms with van der Waals surface area (Å²) >= 11 is 1.30. The first-order valence-electron chi connectivity index (χ1n) is 8.01. The van der Waals surface area contributed by atoms with Crippen LogP contribution >= 0.6 is 23.0 Å². The van der Waals surface area contributed by atoms with Crippen molar-refractivity contribution in [2.75, 3.05) is 0 Å². The Morgan fingerprint density at radius 2 is 1.76 bits per heavy atom. The number of ether oxygens (including phenoxy) is 2. The maximum atomic E-state index is 12.4. The van der Waals surface area contributed by atoms with E-state index >= 15 is 0 Å². The molecule has 1 rings (SSSR count). The van der Waals surface area contributed by atoms with Crippen molar-refractivity contribution in [3.63, 3.8) is 0 Å². The fourth-order valence-electron chi connectivity index (χ4n) is 2.58. The van der Waals surface area contributed by atoms with Gasteiger partial charge in [-0.05, 0) is 58.2 Å². The van der Waals surface area contributed by atoms with Gasteiger partial charge in [0.25, 0.3) is 0 Å². The molecule has 1 aromatic rings. The van der Waals surface area contributed by atoms with Gasteiger partial charge in [0.2, 0.25) is 0 Å². The molecule has 25 heavy (non-hydrogen) atoms. The van der Waals surface area contributed by atoms with Gasteiger partial charge in [-0.2, -0.15) is 10.9 Å². The molecule has 1 aromatic carbocycles. The minimum absolute atomic E-state index is 0.0107. The zero-order chi connectivity index (χ0) is 19.4. The highest BCUT2D eigenvalue weighted by molar-refractivity contribution is 14.1. The van der Waals surface area contributed by atoms with Gasteiger partial charge in [-0.1, -0.05) is 13.0 Å². The van der Waals surface area contributed by atoms with E-state index in [1.165, 1.54) is 29.1 Å². The maximum Gasteiger partial charge on any atom is 0.314 e. The highest BCUT2D eigenvalue weighted by atomic mass is 127. The molecule has 8 heteroatoms. The second kappa shape index (κ2) is 9.29. The number of carbonyl (C=O) groups is 1. The van der Waals surface area contributed by atoms with Crippen molar-refractivity contribution < 1.29 is 25.2 Å². The molecule has 0 fully saturated rings. The minimum Gasteiger partial charge on any atom is -0.425 e. The lowest BCUT2D eigenvalue weighted by Crippen LogP contribution is -2.25. The summed E-state index contributed by atoms with van der Waals surface area (Å²) in [5, 5.41) is 0. The van der Waals surface area contributed by atoms with Crippen LogP contribution in [0.5, 0.6) is 5.75 Å². The molecular formula is C17H25IO6S. The normalized spacial score (nSPS) is 14.4. The second-order valence-corrected chi connectivity index (χ2v) is 9.03. The van der Waals surface area contributed by atoms with Crippen molar-refractivity contribution in [2.24, 2.45) is 5.92 Å². The third-order valence-electron chi connectivity index (χ3n) is 3.53. The van der Waals surface area contributed by atoms with E-state index in [4.69, 9.17) is 9.47 Å². The van der Waals surface area contributed by atoms with Crippen LogP contribution < -0.4 is 4.74 Å². The average Bonchev–Trinajstić information content (AvgIpc) is 2.48. The molecule has 2 unspecified atom stereocenters. The summed E-state index contributed by atoms with van der Waals surface area (Å²) < 4.78 is 39.9. The number of hydrogen-bond acceptors (Lipinski definition) is 6. The predicted molar refractivity (Wildman–Crippen MR) is 103 cm³/mol. The summed E-state index contributed by atoms with van der Waals surface area (Å²) in [6.07, 6.45) is 0.435. The van der Waals surface area contributed by atoms with Crippen molar-refractivity contribution in [1.29, 1.82) is 0 Å². The Hall–Kier alpha value is -0.710. The van der Waals surface area contributed by atoms with E-state index in [0.29, 0.717) is 12.0 Å². The van der Waals surface area contributed by atoms with Crippen molar-refractivity contribution in [1.82, 2.24) is 0 Å². The van der Waals surface area contributed by atoms with Gasteiger partial charge < -0.3 is 9.47 Å². The quantitative estimate of drug-likeness (QED) is 0.314. The average molecular weight is 484 g/mol. The molecule has 0 aromatic heterocycles. The summed E-state index contributed by atoms with van der Waals surface area (Å²) in [6.45, 7) is 10.9. The molecule has 142 valence electrons. The zero-order valence-electron chi connectivity index (χ0n) is 15.3. The third-order valence-corrected chi connectivity index (χ3v) is 5.96. The summed E-state index contributed by atoms with van der Waals surface area (Å²) in [7, 11) is -4.00. The molecule has 6 nitrogen and oxygen atoms in total. The monoisotopic (exact) mass is 484 g/mol. The molecule has 0 amide bonds. The largest absolute Gasteiger partial charge is 0.425 e. The first kappa shape index (κ1) is 22.3. The van der Waals surface area contributed by atoms with Crippen LogP contribution in [0.1, 0.15) is 45.2 Å². The molecule has 0 saturated carbocycles. The van der Waals surface area contributed by atoms with E-state index < -0.39 is 22.0 Å². The van der Waals surface area contributed by atoms with Gasteiger partial charge >= 0.3 is 16.1 Å². The summed E-state index contributed by atoms with van der Waals surface area (Å²) in [4.78, 5) is 12.3.